The number of nitrogens with zero attached hydrogens (tertiary/aromatic N) is 4. The summed E-state index contributed by atoms with van der Waals surface area (Å²) in [5.41, 5.74) is 5.32. The van der Waals surface area contributed by atoms with Gasteiger partial charge in [-0.2, -0.15) is 0 Å². The monoisotopic (exact) mass is 398 g/mol. The molecular weight excluding hydrogens is 372 g/mol. The third-order valence-electron chi connectivity index (χ3n) is 6.09. The third kappa shape index (κ3) is 3.81. The minimum absolute atomic E-state index is 0.0389. The highest BCUT2D eigenvalue weighted by Crippen LogP contribution is 2.29. The third-order valence-corrected chi connectivity index (χ3v) is 6.09. The number of amides is 1. The largest absolute Gasteiger partial charge is 0.368 e. The first-order valence-corrected chi connectivity index (χ1v) is 10.6. The summed E-state index contributed by atoms with van der Waals surface area (Å²) in [6, 6.07) is 20.8. The quantitative estimate of drug-likeness (QED) is 0.673. The van der Waals surface area contributed by atoms with Gasteiger partial charge in [0.15, 0.2) is 0 Å². The molecule has 152 valence electrons. The van der Waals surface area contributed by atoms with Crippen molar-refractivity contribution < 1.29 is 4.79 Å². The molecule has 1 saturated heterocycles. The Hall–Kier alpha value is -3.18. The summed E-state index contributed by atoms with van der Waals surface area (Å²) in [6.45, 7) is 5.62. The lowest BCUT2D eigenvalue weighted by Crippen LogP contribution is -2.46. The van der Waals surface area contributed by atoms with Crippen molar-refractivity contribution >= 4 is 17.3 Å². The summed E-state index contributed by atoms with van der Waals surface area (Å²) in [5.74, 6) is 0.0389. The summed E-state index contributed by atoms with van der Waals surface area (Å²) in [5, 5.41) is 0. The van der Waals surface area contributed by atoms with Crippen LogP contribution in [-0.2, 0) is 13.0 Å². The van der Waals surface area contributed by atoms with E-state index in [1.165, 1.54) is 11.1 Å². The molecule has 2 aliphatic rings. The van der Waals surface area contributed by atoms with Crippen LogP contribution in [0.5, 0.6) is 0 Å². The molecule has 1 aromatic heterocycles. The van der Waals surface area contributed by atoms with Crippen LogP contribution in [0.1, 0.15) is 21.5 Å². The maximum absolute atomic E-state index is 13.2. The number of aromatic nitrogens is 1. The van der Waals surface area contributed by atoms with Crippen molar-refractivity contribution in [3.63, 3.8) is 0 Å². The van der Waals surface area contributed by atoms with Crippen LogP contribution >= 0.6 is 0 Å². The van der Waals surface area contributed by atoms with Crippen LogP contribution in [0.25, 0.3) is 0 Å². The lowest BCUT2D eigenvalue weighted by atomic mass is 10.1. The molecule has 1 fully saturated rings. The number of hydrogen-bond acceptors (Lipinski definition) is 4. The second-order valence-corrected chi connectivity index (χ2v) is 8.02. The van der Waals surface area contributed by atoms with Crippen LogP contribution in [0.4, 0.5) is 11.4 Å². The molecule has 5 rings (SSSR count). The Morgan fingerprint density at radius 1 is 0.867 bits per heavy atom. The van der Waals surface area contributed by atoms with E-state index in [4.69, 9.17) is 0 Å². The van der Waals surface area contributed by atoms with Crippen molar-refractivity contribution in [2.75, 3.05) is 42.5 Å². The van der Waals surface area contributed by atoms with Crippen LogP contribution in [-0.4, -0.2) is 48.5 Å². The SMILES string of the molecule is O=C(c1cncc(N2CCN(Cc3ccccc3)CC2)c1)N1CCc2ccccc21. The van der Waals surface area contributed by atoms with Gasteiger partial charge >= 0.3 is 0 Å². The number of pyridine rings is 1. The van der Waals surface area contributed by atoms with E-state index in [-0.39, 0.29) is 5.91 Å². The predicted molar refractivity (Wildman–Crippen MR) is 120 cm³/mol. The summed E-state index contributed by atoms with van der Waals surface area (Å²) < 4.78 is 0. The Kier molecular flexibility index (Phi) is 5.20. The number of fused-ring (bicyclic) bond motifs is 1. The number of hydrogen-bond donors (Lipinski definition) is 0. The topological polar surface area (TPSA) is 39.7 Å². The van der Waals surface area contributed by atoms with E-state index in [1.807, 2.05) is 35.4 Å². The molecule has 2 aliphatic heterocycles. The van der Waals surface area contributed by atoms with Gasteiger partial charge in [0.2, 0.25) is 0 Å². The normalized spacial score (nSPS) is 16.5. The molecule has 5 heteroatoms. The Morgan fingerprint density at radius 3 is 2.47 bits per heavy atom. The Morgan fingerprint density at radius 2 is 1.63 bits per heavy atom. The molecule has 0 saturated carbocycles. The highest BCUT2D eigenvalue weighted by molar-refractivity contribution is 6.07. The number of anilines is 2. The maximum atomic E-state index is 13.2. The summed E-state index contributed by atoms with van der Waals surface area (Å²) >= 11 is 0. The van der Waals surface area contributed by atoms with E-state index in [2.05, 4.69) is 51.2 Å². The minimum atomic E-state index is 0.0389. The van der Waals surface area contributed by atoms with Crippen molar-refractivity contribution in [1.82, 2.24) is 9.88 Å². The molecule has 0 radical (unpaired) electrons. The highest BCUT2D eigenvalue weighted by atomic mass is 16.2. The second-order valence-electron chi connectivity index (χ2n) is 8.02. The van der Waals surface area contributed by atoms with Crippen LogP contribution in [0.3, 0.4) is 0 Å². The number of carbonyl (C=O) groups is 1. The van der Waals surface area contributed by atoms with Crippen LogP contribution in [0.2, 0.25) is 0 Å². The van der Waals surface area contributed by atoms with E-state index < -0.39 is 0 Å². The zero-order valence-corrected chi connectivity index (χ0v) is 17.1. The number of piperazine rings is 1. The van der Waals surface area contributed by atoms with Crippen LogP contribution in [0, 0.1) is 0 Å². The minimum Gasteiger partial charge on any atom is -0.368 e. The molecule has 5 nitrogen and oxygen atoms in total. The lowest BCUT2D eigenvalue weighted by molar-refractivity contribution is 0.0989. The molecule has 0 unspecified atom stereocenters. The Bertz CT molecular complexity index is 1030. The fourth-order valence-corrected chi connectivity index (χ4v) is 4.43. The zero-order valence-electron chi connectivity index (χ0n) is 17.1. The first-order chi connectivity index (χ1) is 14.8. The molecule has 0 atom stereocenters. The fourth-order valence-electron chi connectivity index (χ4n) is 4.43. The molecule has 0 bridgehead atoms. The summed E-state index contributed by atoms with van der Waals surface area (Å²) in [6.07, 6.45) is 4.48. The number of para-hydroxylation sites is 1. The Balaban J connectivity index is 1.25. The average molecular weight is 399 g/mol. The van der Waals surface area contributed by atoms with Crippen molar-refractivity contribution in [2.24, 2.45) is 0 Å². The molecule has 0 spiro atoms. The average Bonchev–Trinajstić information content (AvgIpc) is 3.24. The maximum Gasteiger partial charge on any atom is 0.259 e. The van der Waals surface area contributed by atoms with Gasteiger partial charge in [-0.15, -0.1) is 0 Å². The van der Waals surface area contributed by atoms with Crippen LogP contribution in [0.15, 0.2) is 73.1 Å². The fraction of sp³-hybridized carbons (Fsp3) is 0.280. The Labute approximate surface area is 177 Å². The van der Waals surface area contributed by atoms with E-state index in [0.29, 0.717) is 5.56 Å². The molecule has 0 aliphatic carbocycles. The lowest BCUT2D eigenvalue weighted by Gasteiger charge is -2.36. The van der Waals surface area contributed by atoms with Crippen molar-refractivity contribution in [2.45, 2.75) is 13.0 Å². The van der Waals surface area contributed by atoms with E-state index in [1.54, 1.807) is 6.20 Å². The molecule has 0 N–H and O–H groups in total. The second kappa shape index (κ2) is 8.28. The molecule has 3 heterocycles. The molecule has 30 heavy (non-hydrogen) atoms. The van der Waals surface area contributed by atoms with Gasteiger partial charge < -0.3 is 9.80 Å². The van der Waals surface area contributed by atoms with Gasteiger partial charge in [-0.3, -0.25) is 14.7 Å². The van der Waals surface area contributed by atoms with Gasteiger partial charge in [0.25, 0.3) is 5.91 Å². The van der Waals surface area contributed by atoms with Gasteiger partial charge in [-0.25, -0.2) is 0 Å². The standard InChI is InChI=1S/C25H26N4O/c30-25(29-11-10-21-8-4-5-9-24(21)29)22-16-23(18-26-17-22)28-14-12-27(13-15-28)19-20-6-2-1-3-7-20/h1-9,16-18H,10-15,19H2. The van der Waals surface area contributed by atoms with Gasteiger partial charge in [0, 0.05) is 51.2 Å². The number of rotatable bonds is 4. The van der Waals surface area contributed by atoms with Crippen LogP contribution < -0.4 is 9.80 Å². The van der Waals surface area contributed by atoms with Crippen molar-refractivity contribution in [3.05, 3.63) is 89.7 Å². The summed E-state index contributed by atoms with van der Waals surface area (Å²) in [4.78, 5) is 24.3. The first kappa shape index (κ1) is 18.8. The van der Waals surface area contributed by atoms with E-state index in [9.17, 15) is 4.79 Å². The van der Waals surface area contributed by atoms with E-state index >= 15 is 0 Å². The van der Waals surface area contributed by atoms with Gasteiger partial charge in [-0.05, 0) is 29.7 Å². The highest BCUT2D eigenvalue weighted by Gasteiger charge is 2.26. The van der Waals surface area contributed by atoms with Gasteiger partial charge in [0.1, 0.15) is 0 Å². The molecule has 2 aromatic carbocycles. The van der Waals surface area contributed by atoms with Gasteiger partial charge in [-0.1, -0.05) is 48.5 Å². The smallest absolute Gasteiger partial charge is 0.259 e. The molecule has 3 aromatic rings. The summed E-state index contributed by atoms with van der Waals surface area (Å²) in [7, 11) is 0. The molecule has 1 amide bonds. The zero-order chi connectivity index (χ0) is 20.3. The number of carbonyl (C=O) groups excluding carboxylic acids is 1. The predicted octanol–water partition coefficient (Wildman–Crippen LogP) is 3.61. The first-order valence-electron chi connectivity index (χ1n) is 10.6. The van der Waals surface area contributed by atoms with E-state index in [0.717, 1.165) is 57.1 Å². The van der Waals surface area contributed by atoms with Crippen molar-refractivity contribution in [1.29, 1.82) is 0 Å². The van der Waals surface area contributed by atoms with Crippen molar-refractivity contribution in [3.8, 4) is 0 Å². The molecular formula is C25H26N4O. The van der Waals surface area contributed by atoms with Gasteiger partial charge in [0.05, 0.1) is 17.4 Å². The number of benzene rings is 2.